The predicted octanol–water partition coefficient (Wildman–Crippen LogP) is 5.94. The molecule has 0 fully saturated rings. The van der Waals surface area contributed by atoms with Gasteiger partial charge in [-0.1, -0.05) is 87.2 Å². The second-order valence-corrected chi connectivity index (χ2v) is 11.7. The monoisotopic (exact) mass is 272 g/mol. The molecule has 0 aliphatic carbocycles. The molecule has 19 heavy (non-hydrogen) atoms. The van der Waals surface area contributed by atoms with Crippen molar-refractivity contribution in [2.45, 2.75) is 46.3 Å². The summed E-state index contributed by atoms with van der Waals surface area (Å²) >= 11 is 0. The van der Waals surface area contributed by atoms with Gasteiger partial charge in [0.1, 0.15) is 0 Å². The Bertz CT molecular complexity index is 419. The van der Waals surface area contributed by atoms with Crippen LogP contribution in [-0.4, -0.2) is 8.07 Å². The van der Waals surface area contributed by atoms with Crippen LogP contribution in [0.2, 0.25) is 19.6 Å². The molecule has 0 spiro atoms. The van der Waals surface area contributed by atoms with E-state index in [0.717, 1.165) is 5.92 Å². The summed E-state index contributed by atoms with van der Waals surface area (Å²) < 4.78 is 0. The van der Waals surface area contributed by atoms with Gasteiger partial charge in [0.15, 0.2) is 0 Å². The maximum Gasteiger partial charge on any atom is 0.0771 e. The van der Waals surface area contributed by atoms with Crippen molar-refractivity contribution in [2.24, 2.45) is 5.92 Å². The van der Waals surface area contributed by atoms with E-state index in [9.17, 15) is 0 Å². The lowest BCUT2D eigenvalue weighted by atomic mass is 10.1. The maximum absolute atomic E-state index is 2.46. The highest BCUT2D eigenvalue weighted by Crippen LogP contribution is 2.19. The number of hydrogen-bond acceptors (Lipinski definition) is 0. The summed E-state index contributed by atoms with van der Waals surface area (Å²) in [6, 6.07) is 10.6. The second kappa shape index (κ2) is 7.49. The first-order valence-electron chi connectivity index (χ1n) is 7.33. The van der Waals surface area contributed by atoms with Gasteiger partial charge in [0.25, 0.3) is 0 Å². The van der Waals surface area contributed by atoms with E-state index in [1.165, 1.54) is 18.4 Å². The van der Waals surface area contributed by atoms with Crippen LogP contribution >= 0.6 is 0 Å². The van der Waals surface area contributed by atoms with Gasteiger partial charge in [-0.2, -0.15) is 0 Å². The van der Waals surface area contributed by atoms with Gasteiger partial charge in [0.05, 0.1) is 8.07 Å². The molecular weight excluding hydrogens is 244 g/mol. The van der Waals surface area contributed by atoms with Gasteiger partial charge in [0.2, 0.25) is 0 Å². The molecular formula is C18H28Si. The largest absolute Gasteiger partial charge is 0.0853 e. The Balaban J connectivity index is 2.78. The molecule has 0 saturated carbocycles. The third kappa shape index (κ3) is 6.58. The van der Waals surface area contributed by atoms with E-state index in [4.69, 9.17) is 0 Å². The van der Waals surface area contributed by atoms with Gasteiger partial charge >= 0.3 is 0 Å². The van der Waals surface area contributed by atoms with Crippen LogP contribution in [0.3, 0.4) is 0 Å². The van der Waals surface area contributed by atoms with E-state index in [1.807, 2.05) is 0 Å². The highest BCUT2D eigenvalue weighted by molar-refractivity contribution is 6.83. The normalized spacial score (nSPS) is 13.5. The fraction of sp³-hybridized carbons (Fsp3) is 0.444. The molecule has 0 aromatic heterocycles. The smallest absolute Gasteiger partial charge is 0.0771 e. The summed E-state index contributed by atoms with van der Waals surface area (Å²) in [5.41, 5.74) is 1.29. The molecule has 0 unspecified atom stereocenters. The third-order valence-corrected chi connectivity index (χ3v) is 5.33. The van der Waals surface area contributed by atoms with Gasteiger partial charge in [-0.15, -0.1) is 0 Å². The fourth-order valence-electron chi connectivity index (χ4n) is 1.95. The summed E-state index contributed by atoms with van der Waals surface area (Å²) in [7, 11) is -1.24. The molecule has 0 heterocycles. The first kappa shape index (κ1) is 16.0. The molecule has 0 aliphatic heterocycles. The van der Waals surface area contributed by atoms with E-state index in [-0.39, 0.29) is 0 Å². The molecule has 1 aromatic rings. The minimum atomic E-state index is -1.24. The molecule has 0 bridgehead atoms. The molecule has 0 radical (unpaired) electrons. The fourth-order valence-corrected chi connectivity index (χ4v) is 3.29. The zero-order valence-electron chi connectivity index (χ0n) is 13.1. The summed E-state index contributed by atoms with van der Waals surface area (Å²) in [6.07, 6.45) is 9.54. The van der Waals surface area contributed by atoms with Gasteiger partial charge in [-0.25, -0.2) is 0 Å². The van der Waals surface area contributed by atoms with Crippen molar-refractivity contribution in [3.63, 3.8) is 0 Å². The maximum atomic E-state index is 2.46. The van der Waals surface area contributed by atoms with Crippen LogP contribution in [0.15, 0.2) is 47.7 Å². The zero-order chi connectivity index (χ0) is 14.3. The van der Waals surface area contributed by atoms with Crippen LogP contribution in [-0.2, 0) is 0 Å². The lowest BCUT2D eigenvalue weighted by Gasteiger charge is -2.18. The van der Waals surface area contributed by atoms with Crippen molar-refractivity contribution in [3.8, 4) is 0 Å². The number of hydrogen-bond donors (Lipinski definition) is 0. The molecule has 0 nitrogen and oxygen atoms in total. The minimum Gasteiger partial charge on any atom is -0.0853 e. The van der Waals surface area contributed by atoms with Gasteiger partial charge in [0, 0.05) is 0 Å². The van der Waals surface area contributed by atoms with Crippen LogP contribution < -0.4 is 0 Å². The summed E-state index contributed by atoms with van der Waals surface area (Å²) in [5, 5.41) is 1.57. The highest BCUT2D eigenvalue weighted by atomic mass is 28.3. The van der Waals surface area contributed by atoms with E-state index < -0.39 is 8.07 Å². The van der Waals surface area contributed by atoms with Gasteiger partial charge in [-0.3, -0.25) is 0 Å². The molecule has 1 heteroatoms. The summed E-state index contributed by atoms with van der Waals surface area (Å²) in [5.74, 6) is 0.789. The lowest BCUT2D eigenvalue weighted by molar-refractivity contribution is 0.594. The standard InChI is InChI=1S/C18H28Si/c1-16(2)10-9-13-18(19(3,4)5)15-14-17-11-7-6-8-12-17/h6-8,11-16H,9-10H2,1-5H3/b15-14+,18-13-. The lowest BCUT2D eigenvalue weighted by Crippen LogP contribution is -2.22. The van der Waals surface area contributed by atoms with Gasteiger partial charge < -0.3 is 0 Å². The van der Waals surface area contributed by atoms with Crippen LogP contribution in [0.1, 0.15) is 32.3 Å². The first-order chi connectivity index (χ1) is 8.89. The first-order valence-corrected chi connectivity index (χ1v) is 10.8. The van der Waals surface area contributed by atoms with E-state index in [0.29, 0.717) is 0 Å². The zero-order valence-corrected chi connectivity index (χ0v) is 14.1. The summed E-state index contributed by atoms with van der Waals surface area (Å²) in [4.78, 5) is 0. The number of allylic oxidation sites excluding steroid dienone is 3. The quantitative estimate of drug-likeness (QED) is 0.444. The van der Waals surface area contributed by atoms with Crippen molar-refractivity contribution >= 4 is 14.1 Å². The van der Waals surface area contributed by atoms with E-state index >= 15 is 0 Å². The molecule has 0 N–H and O–H groups in total. The molecule has 1 aromatic carbocycles. The molecule has 0 atom stereocenters. The molecule has 0 amide bonds. The van der Waals surface area contributed by atoms with Crippen LogP contribution in [0.25, 0.3) is 6.08 Å². The highest BCUT2D eigenvalue weighted by Gasteiger charge is 2.16. The van der Waals surface area contributed by atoms with Crippen LogP contribution in [0.4, 0.5) is 0 Å². The van der Waals surface area contributed by atoms with Gasteiger partial charge in [-0.05, 0) is 24.3 Å². The van der Waals surface area contributed by atoms with E-state index in [2.05, 4.69) is 82.0 Å². The van der Waals surface area contributed by atoms with Crippen LogP contribution in [0, 0.1) is 5.92 Å². The predicted molar refractivity (Wildman–Crippen MR) is 91.0 cm³/mol. The Morgan fingerprint density at radius 1 is 1.11 bits per heavy atom. The Hall–Kier alpha value is -1.08. The summed E-state index contributed by atoms with van der Waals surface area (Å²) in [6.45, 7) is 11.8. The average molecular weight is 273 g/mol. The second-order valence-electron chi connectivity index (χ2n) is 6.62. The number of rotatable bonds is 6. The minimum absolute atomic E-state index is 0.789. The Labute approximate surface area is 120 Å². The Morgan fingerprint density at radius 2 is 1.74 bits per heavy atom. The van der Waals surface area contributed by atoms with Crippen molar-refractivity contribution in [1.82, 2.24) is 0 Å². The van der Waals surface area contributed by atoms with Crippen LogP contribution in [0.5, 0.6) is 0 Å². The Kier molecular flexibility index (Phi) is 6.30. The molecule has 0 saturated heterocycles. The topological polar surface area (TPSA) is 0 Å². The van der Waals surface area contributed by atoms with Crippen molar-refractivity contribution in [3.05, 3.63) is 53.2 Å². The van der Waals surface area contributed by atoms with E-state index in [1.54, 1.807) is 5.20 Å². The molecule has 104 valence electrons. The number of benzene rings is 1. The van der Waals surface area contributed by atoms with Crippen molar-refractivity contribution < 1.29 is 0 Å². The van der Waals surface area contributed by atoms with Crippen molar-refractivity contribution in [1.29, 1.82) is 0 Å². The average Bonchev–Trinajstić information content (AvgIpc) is 2.33. The third-order valence-electron chi connectivity index (χ3n) is 3.23. The van der Waals surface area contributed by atoms with Crippen molar-refractivity contribution in [2.75, 3.05) is 0 Å². The Morgan fingerprint density at radius 3 is 2.26 bits per heavy atom. The SMILES string of the molecule is CC(C)CC/C=C(/C=C/c1ccccc1)[Si](C)(C)C. The molecule has 1 rings (SSSR count). The molecule has 0 aliphatic rings.